The summed E-state index contributed by atoms with van der Waals surface area (Å²) in [4.78, 5) is 15.9. The molecule has 0 spiro atoms. The normalized spacial score (nSPS) is 12.3. The summed E-state index contributed by atoms with van der Waals surface area (Å²) < 4.78 is 0. The molecule has 4 N–H and O–H groups in total. The maximum atomic E-state index is 11.9. The van der Waals surface area contributed by atoms with Gasteiger partial charge in [-0.25, -0.2) is 0 Å². The van der Waals surface area contributed by atoms with Crippen molar-refractivity contribution in [1.29, 1.82) is 0 Å². The number of hydrogen-bond donors (Lipinski definition) is 3. The SMILES string of the molecule is Cc1cccnc1C(=O)NCC(C)(C)/C(N)=N/O. The number of aromatic nitrogens is 1. The first-order valence-electron chi connectivity index (χ1n) is 5.56. The molecule has 0 aliphatic carbocycles. The molecular formula is C12H18N4O2. The van der Waals surface area contributed by atoms with E-state index >= 15 is 0 Å². The number of pyridine rings is 1. The third kappa shape index (κ3) is 3.19. The monoisotopic (exact) mass is 250 g/mol. The summed E-state index contributed by atoms with van der Waals surface area (Å²) in [6.45, 7) is 5.62. The van der Waals surface area contributed by atoms with Crippen molar-refractivity contribution in [2.75, 3.05) is 6.54 Å². The highest BCUT2D eigenvalue weighted by molar-refractivity contribution is 5.94. The third-order valence-corrected chi connectivity index (χ3v) is 2.72. The van der Waals surface area contributed by atoms with Crippen molar-refractivity contribution >= 4 is 11.7 Å². The minimum atomic E-state index is -0.618. The molecule has 0 saturated carbocycles. The lowest BCUT2D eigenvalue weighted by atomic mass is 9.92. The van der Waals surface area contributed by atoms with Gasteiger partial charge in [0.25, 0.3) is 5.91 Å². The van der Waals surface area contributed by atoms with Crippen LogP contribution >= 0.6 is 0 Å². The zero-order valence-corrected chi connectivity index (χ0v) is 10.8. The van der Waals surface area contributed by atoms with Crippen LogP contribution in [-0.2, 0) is 0 Å². The lowest BCUT2D eigenvalue weighted by molar-refractivity contribution is 0.0938. The standard InChI is InChI=1S/C12H18N4O2/c1-8-5-4-6-14-9(8)10(17)15-7-12(2,3)11(13)16-18/h4-6,18H,7H2,1-3H3,(H2,13,16)(H,15,17). The zero-order valence-electron chi connectivity index (χ0n) is 10.8. The van der Waals surface area contributed by atoms with Crippen LogP contribution in [-0.4, -0.2) is 28.5 Å². The Labute approximate surface area is 106 Å². The zero-order chi connectivity index (χ0) is 13.8. The summed E-state index contributed by atoms with van der Waals surface area (Å²) in [6, 6.07) is 3.59. The van der Waals surface area contributed by atoms with Crippen LogP contribution in [0.4, 0.5) is 0 Å². The summed E-state index contributed by atoms with van der Waals surface area (Å²) in [7, 11) is 0. The maximum Gasteiger partial charge on any atom is 0.270 e. The molecule has 1 aromatic heterocycles. The van der Waals surface area contributed by atoms with Gasteiger partial charge in [0.15, 0.2) is 0 Å². The largest absolute Gasteiger partial charge is 0.409 e. The Morgan fingerprint density at radius 3 is 2.83 bits per heavy atom. The molecule has 0 fully saturated rings. The molecule has 0 aromatic carbocycles. The molecule has 0 aliphatic heterocycles. The minimum absolute atomic E-state index is 0.0699. The van der Waals surface area contributed by atoms with Gasteiger partial charge in [-0.3, -0.25) is 9.78 Å². The highest BCUT2D eigenvalue weighted by Gasteiger charge is 2.25. The van der Waals surface area contributed by atoms with Crippen LogP contribution < -0.4 is 11.1 Å². The molecule has 18 heavy (non-hydrogen) atoms. The van der Waals surface area contributed by atoms with Crippen LogP contribution in [0.15, 0.2) is 23.5 Å². The molecule has 6 nitrogen and oxygen atoms in total. The summed E-state index contributed by atoms with van der Waals surface area (Å²) >= 11 is 0. The van der Waals surface area contributed by atoms with Crippen LogP contribution in [0.25, 0.3) is 0 Å². The van der Waals surface area contributed by atoms with Gasteiger partial charge in [0, 0.05) is 18.2 Å². The van der Waals surface area contributed by atoms with Crippen LogP contribution in [0, 0.1) is 12.3 Å². The fourth-order valence-electron chi connectivity index (χ4n) is 1.33. The number of amidine groups is 1. The van der Waals surface area contributed by atoms with E-state index in [0.29, 0.717) is 5.69 Å². The van der Waals surface area contributed by atoms with Crippen LogP contribution in [0.2, 0.25) is 0 Å². The van der Waals surface area contributed by atoms with E-state index in [1.54, 1.807) is 26.1 Å². The van der Waals surface area contributed by atoms with Crippen LogP contribution in [0.3, 0.4) is 0 Å². The fraction of sp³-hybridized carbons (Fsp3) is 0.417. The van der Waals surface area contributed by atoms with E-state index in [1.165, 1.54) is 0 Å². The Morgan fingerprint density at radius 2 is 2.28 bits per heavy atom. The Kier molecular flexibility index (Phi) is 4.25. The average Bonchev–Trinajstić information content (AvgIpc) is 2.35. The van der Waals surface area contributed by atoms with Crippen molar-refractivity contribution in [3.8, 4) is 0 Å². The van der Waals surface area contributed by atoms with Gasteiger partial charge in [-0.05, 0) is 18.6 Å². The lowest BCUT2D eigenvalue weighted by Gasteiger charge is -2.23. The van der Waals surface area contributed by atoms with Crippen molar-refractivity contribution < 1.29 is 10.0 Å². The van der Waals surface area contributed by atoms with E-state index in [9.17, 15) is 4.79 Å². The van der Waals surface area contributed by atoms with E-state index < -0.39 is 5.41 Å². The number of nitrogens with one attached hydrogen (secondary N) is 1. The van der Waals surface area contributed by atoms with Gasteiger partial charge in [0.1, 0.15) is 11.5 Å². The van der Waals surface area contributed by atoms with Crippen LogP contribution in [0.1, 0.15) is 29.9 Å². The van der Waals surface area contributed by atoms with E-state index in [0.717, 1.165) is 5.56 Å². The first kappa shape index (κ1) is 14.0. The van der Waals surface area contributed by atoms with Gasteiger partial charge >= 0.3 is 0 Å². The van der Waals surface area contributed by atoms with Crippen molar-refractivity contribution in [1.82, 2.24) is 10.3 Å². The Hall–Kier alpha value is -2.11. The van der Waals surface area contributed by atoms with E-state index in [4.69, 9.17) is 10.9 Å². The third-order valence-electron chi connectivity index (χ3n) is 2.72. The highest BCUT2D eigenvalue weighted by Crippen LogP contribution is 2.13. The first-order chi connectivity index (χ1) is 8.38. The molecule has 0 radical (unpaired) electrons. The predicted octanol–water partition coefficient (Wildman–Crippen LogP) is 0.892. The Bertz CT molecular complexity index is 469. The van der Waals surface area contributed by atoms with Crippen molar-refractivity contribution in [3.63, 3.8) is 0 Å². The molecule has 0 saturated heterocycles. The van der Waals surface area contributed by atoms with E-state index in [1.807, 2.05) is 13.0 Å². The molecule has 1 amide bonds. The van der Waals surface area contributed by atoms with Gasteiger partial charge in [-0.2, -0.15) is 0 Å². The number of nitrogens with two attached hydrogens (primary N) is 1. The molecule has 1 rings (SSSR count). The second-order valence-corrected chi connectivity index (χ2v) is 4.72. The van der Waals surface area contributed by atoms with Gasteiger partial charge in [-0.15, -0.1) is 0 Å². The lowest BCUT2D eigenvalue weighted by Crippen LogP contribution is -2.42. The summed E-state index contributed by atoms with van der Waals surface area (Å²) in [5.74, 6) is -0.201. The summed E-state index contributed by atoms with van der Waals surface area (Å²) in [6.07, 6.45) is 1.57. The van der Waals surface area contributed by atoms with Gasteiger partial charge < -0.3 is 16.3 Å². The predicted molar refractivity (Wildman–Crippen MR) is 68.5 cm³/mol. The van der Waals surface area contributed by atoms with Crippen molar-refractivity contribution in [3.05, 3.63) is 29.6 Å². The minimum Gasteiger partial charge on any atom is -0.409 e. The number of carbonyl (C=O) groups is 1. The number of rotatable bonds is 4. The molecular weight excluding hydrogens is 232 g/mol. The highest BCUT2D eigenvalue weighted by atomic mass is 16.4. The molecule has 6 heteroatoms. The van der Waals surface area contributed by atoms with Crippen molar-refractivity contribution in [2.45, 2.75) is 20.8 Å². The maximum absolute atomic E-state index is 11.9. The van der Waals surface area contributed by atoms with Crippen molar-refractivity contribution in [2.24, 2.45) is 16.3 Å². The molecule has 0 unspecified atom stereocenters. The van der Waals surface area contributed by atoms with Gasteiger partial charge in [-0.1, -0.05) is 25.1 Å². The summed E-state index contributed by atoms with van der Waals surface area (Å²) in [5.41, 5.74) is 6.11. The molecule has 0 aliphatic rings. The van der Waals surface area contributed by atoms with Crippen LogP contribution in [0.5, 0.6) is 0 Å². The molecule has 1 heterocycles. The van der Waals surface area contributed by atoms with E-state index in [2.05, 4.69) is 15.5 Å². The smallest absolute Gasteiger partial charge is 0.270 e. The molecule has 0 atom stereocenters. The van der Waals surface area contributed by atoms with E-state index in [-0.39, 0.29) is 18.3 Å². The number of nitrogens with zero attached hydrogens (tertiary/aromatic N) is 2. The first-order valence-corrected chi connectivity index (χ1v) is 5.56. The Balaban J connectivity index is 2.71. The Morgan fingerprint density at radius 1 is 1.61 bits per heavy atom. The number of amides is 1. The number of hydrogen-bond acceptors (Lipinski definition) is 4. The average molecular weight is 250 g/mol. The molecule has 98 valence electrons. The number of oxime groups is 1. The molecule has 0 bridgehead atoms. The number of carbonyl (C=O) groups excluding carboxylic acids is 1. The second kappa shape index (κ2) is 5.48. The van der Waals surface area contributed by atoms with Gasteiger partial charge in [0.2, 0.25) is 0 Å². The number of aryl methyl sites for hydroxylation is 1. The fourth-order valence-corrected chi connectivity index (χ4v) is 1.33. The quantitative estimate of drug-likeness (QED) is 0.320. The second-order valence-electron chi connectivity index (χ2n) is 4.72. The molecule has 1 aromatic rings. The topological polar surface area (TPSA) is 101 Å². The summed E-state index contributed by atoms with van der Waals surface area (Å²) in [5, 5.41) is 14.3. The van der Waals surface area contributed by atoms with Gasteiger partial charge in [0.05, 0.1) is 0 Å².